The SMILES string of the molecule is CN1CC2CCN(C(=O)/C=C/c3ccc([N+](=O)[O-])s3)C1C2. The van der Waals surface area contributed by atoms with Crippen LogP contribution in [0.2, 0.25) is 0 Å². The Morgan fingerprint density at radius 1 is 1.52 bits per heavy atom. The van der Waals surface area contributed by atoms with Crippen LogP contribution in [0.25, 0.3) is 6.08 Å². The van der Waals surface area contributed by atoms with E-state index < -0.39 is 4.92 Å². The molecule has 0 aromatic carbocycles. The highest BCUT2D eigenvalue weighted by molar-refractivity contribution is 7.16. The van der Waals surface area contributed by atoms with Crippen LogP contribution < -0.4 is 0 Å². The van der Waals surface area contributed by atoms with Gasteiger partial charge in [0.1, 0.15) is 0 Å². The number of thiophene rings is 1. The lowest BCUT2D eigenvalue weighted by Gasteiger charge is -2.34. The van der Waals surface area contributed by atoms with Crippen molar-refractivity contribution in [3.8, 4) is 0 Å². The van der Waals surface area contributed by atoms with Crippen molar-refractivity contribution >= 4 is 28.3 Å². The first-order valence-corrected chi connectivity index (χ1v) is 7.79. The molecule has 6 nitrogen and oxygen atoms in total. The summed E-state index contributed by atoms with van der Waals surface area (Å²) in [4.78, 5) is 27.4. The summed E-state index contributed by atoms with van der Waals surface area (Å²) in [6.45, 7) is 1.86. The molecule has 1 amide bonds. The quantitative estimate of drug-likeness (QED) is 0.488. The zero-order valence-corrected chi connectivity index (χ0v) is 12.6. The fourth-order valence-corrected chi connectivity index (χ4v) is 3.89. The lowest BCUT2D eigenvalue weighted by molar-refractivity contribution is -0.380. The molecule has 2 saturated heterocycles. The maximum atomic E-state index is 12.3. The third-order valence-electron chi connectivity index (χ3n) is 4.20. The van der Waals surface area contributed by atoms with Crippen LogP contribution in [-0.2, 0) is 4.79 Å². The number of hydrogen-bond donors (Lipinski definition) is 0. The highest BCUT2D eigenvalue weighted by atomic mass is 32.1. The fourth-order valence-electron chi connectivity index (χ4n) is 3.16. The van der Waals surface area contributed by atoms with E-state index in [-0.39, 0.29) is 17.1 Å². The fraction of sp³-hybridized carbons (Fsp3) is 0.500. The van der Waals surface area contributed by atoms with E-state index in [2.05, 4.69) is 11.9 Å². The largest absolute Gasteiger partial charge is 0.324 e. The van der Waals surface area contributed by atoms with E-state index in [9.17, 15) is 14.9 Å². The molecule has 1 aromatic heterocycles. The van der Waals surface area contributed by atoms with Crippen LogP contribution in [0.5, 0.6) is 0 Å². The normalized spacial score (nSPS) is 25.7. The average molecular weight is 307 g/mol. The van der Waals surface area contributed by atoms with Crippen LogP contribution in [0.3, 0.4) is 0 Å². The molecule has 2 atom stereocenters. The molecule has 0 radical (unpaired) electrons. The summed E-state index contributed by atoms with van der Waals surface area (Å²) in [5, 5.41) is 10.7. The van der Waals surface area contributed by atoms with Gasteiger partial charge in [0, 0.05) is 30.1 Å². The lowest BCUT2D eigenvalue weighted by atomic mass is 9.99. The smallest absolute Gasteiger partial charge is 0.323 e. The number of rotatable bonds is 3. The second kappa shape index (κ2) is 5.57. The second-order valence-electron chi connectivity index (χ2n) is 5.61. The molecular weight excluding hydrogens is 290 g/mol. The first kappa shape index (κ1) is 14.2. The van der Waals surface area contributed by atoms with E-state index in [0.29, 0.717) is 5.92 Å². The van der Waals surface area contributed by atoms with Crippen LogP contribution in [0.15, 0.2) is 18.2 Å². The van der Waals surface area contributed by atoms with E-state index in [1.807, 2.05) is 4.90 Å². The van der Waals surface area contributed by atoms with E-state index in [0.717, 1.165) is 42.1 Å². The van der Waals surface area contributed by atoms with Gasteiger partial charge in [-0.2, -0.15) is 0 Å². The highest BCUT2D eigenvalue weighted by Crippen LogP contribution is 2.32. The molecule has 0 spiro atoms. The molecule has 2 fully saturated rings. The molecule has 0 saturated carbocycles. The second-order valence-corrected chi connectivity index (χ2v) is 6.70. The molecule has 0 N–H and O–H groups in total. The van der Waals surface area contributed by atoms with Gasteiger partial charge in [0.05, 0.1) is 11.1 Å². The number of carbonyl (C=O) groups excluding carboxylic acids is 1. The highest BCUT2D eigenvalue weighted by Gasteiger charge is 2.39. The molecular formula is C14H17N3O3S. The number of nitro groups is 1. The van der Waals surface area contributed by atoms with Gasteiger partial charge in [0.15, 0.2) is 0 Å². The third-order valence-corrected chi connectivity index (χ3v) is 5.21. The number of fused-ring (bicyclic) bond motifs is 2. The molecule has 2 unspecified atom stereocenters. The molecule has 3 rings (SSSR count). The zero-order chi connectivity index (χ0) is 15.0. The van der Waals surface area contributed by atoms with Gasteiger partial charge < -0.3 is 4.90 Å². The van der Waals surface area contributed by atoms with E-state index in [1.54, 1.807) is 12.1 Å². The van der Waals surface area contributed by atoms with Gasteiger partial charge in [-0.15, -0.1) is 0 Å². The molecule has 2 bridgehead atoms. The van der Waals surface area contributed by atoms with Gasteiger partial charge in [-0.25, -0.2) is 0 Å². The minimum Gasteiger partial charge on any atom is -0.323 e. The summed E-state index contributed by atoms with van der Waals surface area (Å²) in [6.07, 6.45) is 5.52. The molecule has 2 aliphatic rings. The number of nitrogens with zero attached hydrogens (tertiary/aromatic N) is 3. The molecule has 0 aliphatic carbocycles. The van der Waals surface area contributed by atoms with Gasteiger partial charge in [-0.1, -0.05) is 11.3 Å². The molecule has 7 heteroatoms. The minimum atomic E-state index is -0.415. The Kier molecular flexibility index (Phi) is 3.77. The van der Waals surface area contributed by atoms with Crippen molar-refractivity contribution in [3.63, 3.8) is 0 Å². The Labute approximate surface area is 126 Å². The monoisotopic (exact) mass is 307 g/mol. The van der Waals surface area contributed by atoms with Gasteiger partial charge in [0.25, 0.3) is 0 Å². The third kappa shape index (κ3) is 2.84. The van der Waals surface area contributed by atoms with Crippen molar-refractivity contribution in [3.05, 3.63) is 33.2 Å². The summed E-state index contributed by atoms with van der Waals surface area (Å²) in [7, 11) is 2.06. The minimum absolute atomic E-state index is 0.0109. The Hall–Kier alpha value is -1.73. The van der Waals surface area contributed by atoms with Crippen molar-refractivity contribution in [1.29, 1.82) is 0 Å². The maximum Gasteiger partial charge on any atom is 0.324 e. The molecule has 3 heterocycles. The maximum absolute atomic E-state index is 12.3. The van der Waals surface area contributed by atoms with Gasteiger partial charge in [-0.05, 0) is 37.9 Å². The summed E-state index contributed by atoms with van der Waals surface area (Å²) < 4.78 is 0. The van der Waals surface area contributed by atoms with E-state index in [4.69, 9.17) is 0 Å². The Bertz CT molecular complexity index is 598. The average Bonchev–Trinajstić information content (AvgIpc) is 3.03. The van der Waals surface area contributed by atoms with Crippen LogP contribution in [-0.4, -0.2) is 46.9 Å². The molecule has 21 heavy (non-hydrogen) atoms. The topological polar surface area (TPSA) is 66.7 Å². The standard InChI is InChI=1S/C14H17N3O3S/c1-15-9-10-6-7-16(12(15)8-10)13(18)4-2-11-3-5-14(21-11)17(19)20/h2-5,10,12H,6-9H2,1H3/b4-2+. The predicted octanol–water partition coefficient (Wildman–Crippen LogP) is 2.18. The van der Waals surface area contributed by atoms with Crippen molar-refractivity contribution in [1.82, 2.24) is 9.80 Å². The van der Waals surface area contributed by atoms with Gasteiger partial charge in [-0.3, -0.25) is 19.8 Å². The van der Waals surface area contributed by atoms with Crippen LogP contribution in [0.1, 0.15) is 17.7 Å². The summed E-state index contributed by atoms with van der Waals surface area (Å²) in [5.74, 6) is 0.705. The molecule has 2 aliphatic heterocycles. The molecule has 112 valence electrons. The van der Waals surface area contributed by atoms with Crippen LogP contribution >= 0.6 is 11.3 Å². The summed E-state index contributed by atoms with van der Waals surface area (Å²) in [6, 6.07) is 3.13. The number of amides is 1. The predicted molar refractivity (Wildman–Crippen MR) is 80.9 cm³/mol. The first-order valence-electron chi connectivity index (χ1n) is 6.98. The van der Waals surface area contributed by atoms with Crippen molar-refractivity contribution in [2.45, 2.75) is 19.0 Å². The first-order chi connectivity index (χ1) is 10.0. The summed E-state index contributed by atoms with van der Waals surface area (Å²) in [5.41, 5.74) is 0. The zero-order valence-electron chi connectivity index (χ0n) is 11.8. The van der Waals surface area contributed by atoms with Crippen LogP contribution in [0.4, 0.5) is 5.00 Å². The van der Waals surface area contributed by atoms with Crippen molar-refractivity contribution in [2.75, 3.05) is 20.1 Å². The number of hydrogen-bond acceptors (Lipinski definition) is 5. The lowest BCUT2D eigenvalue weighted by Crippen LogP contribution is -2.47. The Balaban J connectivity index is 1.67. The van der Waals surface area contributed by atoms with Gasteiger partial charge in [0.2, 0.25) is 5.91 Å². The number of piperidine rings is 1. The number of likely N-dealkylation sites (tertiary alicyclic amines) is 2. The number of carbonyl (C=O) groups is 1. The van der Waals surface area contributed by atoms with Gasteiger partial charge >= 0.3 is 5.00 Å². The van der Waals surface area contributed by atoms with E-state index in [1.165, 1.54) is 12.1 Å². The van der Waals surface area contributed by atoms with Crippen LogP contribution in [0, 0.1) is 16.0 Å². The van der Waals surface area contributed by atoms with E-state index >= 15 is 0 Å². The van der Waals surface area contributed by atoms with Crippen molar-refractivity contribution < 1.29 is 9.72 Å². The Morgan fingerprint density at radius 3 is 3.05 bits per heavy atom. The Morgan fingerprint density at radius 2 is 2.33 bits per heavy atom. The summed E-state index contributed by atoms with van der Waals surface area (Å²) >= 11 is 1.08. The molecule has 1 aromatic rings. The van der Waals surface area contributed by atoms with Crippen molar-refractivity contribution in [2.24, 2.45) is 5.92 Å².